The first-order chi connectivity index (χ1) is 15.1. The van der Waals surface area contributed by atoms with Crippen LogP contribution in [-0.4, -0.2) is 59.6 Å². The number of ether oxygens (including phenoxy) is 4. The predicted molar refractivity (Wildman–Crippen MR) is 108 cm³/mol. The van der Waals surface area contributed by atoms with Gasteiger partial charge in [-0.15, -0.1) is 0 Å². The van der Waals surface area contributed by atoms with Gasteiger partial charge in [-0.3, -0.25) is 29.3 Å². The molecule has 11 heteroatoms. The van der Waals surface area contributed by atoms with E-state index in [9.17, 15) is 29.3 Å². The van der Waals surface area contributed by atoms with Gasteiger partial charge in [0.2, 0.25) is 0 Å². The first kappa shape index (κ1) is 24.7. The normalized spacial score (nSPS) is 22.7. The van der Waals surface area contributed by atoms with E-state index in [1.807, 2.05) is 0 Å². The fourth-order valence-electron chi connectivity index (χ4n) is 3.19. The van der Waals surface area contributed by atoms with Crippen molar-refractivity contribution >= 4 is 35.5 Å². The number of ketones is 1. The molecule has 0 N–H and O–H groups in total. The zero-order valence-corrected chi connectivity index (χ0v) is 17.7. The highest BCUT2D eigenvalue weighted by atomic mass is 16.6. The van der Waals surface area contributed by atoms with Gasteiger partial charge in [0.15, 0.2) is 24.1 Å². The molecule has 2 rings (SSSR count). The molecule has 11 nitrogen and oxygen atoms in total. The summed E-state index contributed by atoms with van der Waals surface area (Å²) in [6, 6.07) is 5.72. The van der Waals surface area contributed by atoms with Crippen molar-refractivity contribution in [3.63, 3.8) is 0 Å². The smallest absolute Gasteiger partial charge is 0.303 e. The number of hydrogen-bond donors (Lipinski definition) is 0. The Bertz CT molecular complexity index is 925. The molecule has 0 spiro atoms. The Morgan fingerprint density at radius 3 is 2.28 bits per heavy atom. The third-order valence-electron chi connectivity index (χ3n) is 4.40. The van der Waals surface area contributed by atoms with E-state index >= 15 is 0 Å². The van der Waals surface area contributed by atoms with Crippen molar-refractivity contribution in [2.75, 3.05) is 6.61 Å². The quantitative estimate of drug-likeness (QED) is 0.189. The summed E-state index contributed by atoms with van der Waals surface area (Å²) >= 11 is 0. The summed E-state index contributed by atoms with van der Waals surface area (Å²) < 4.78 is 21.2. The second-order valence-electron chi connectivity index (χ2n) is 7.02. The average Bonchev–Trinajstić information content (AvgIpc) is 2.70. The summed E-state index contributed by atoms with van der Waals surface area (Å²) in [6.45, 7) is 3.27. The SMILES string of the molecule is CC(=O)O[C@@H]1[C@@H](OC(C)=O)[C@H](OC(C)=O)CO[C@H]1CC(=O)/C=C/c1cccc([N+](=O)[O-])c1. The summed E-state index contributed by atoms with van der Waals surface area (Å²) in [5.74, 6) is -2.47. The molecule has 0 unspecified atom stereocenters. The molecular formula is C21H23NO10. The van der Waals surface area contributed by atoms with E-state index in [1.54, 1.807) is 6.07 Å². The largest absolute Gasteiger partial charge is 0.456 e. The standard InChI is InChI=1S/C21H23NO10/c1-12(23)30-19-11-29-18(20(31-13(2)24)21(19)32-14(3)25)10-17(26)8-7-15-5-4-6-16(9-15)22(27)28/h4-9,18-21H,10-11H2,1-3H3/b8-7+/t18-,19+,20-,21-/m0/s1. The molecule has 4 atom stereocenters. The maximum absolute atomic E-state index is 12.5. The number of esters is 3. The first-order valence-corrected chi connectivity index (χ1v) is 9.65. The minimum Gasteiger partial charge on any atom is -0.456 e. The Morgan fingerprint density at radius 1 is 1.06 bits per heavy atom. The lowest BCUT2D eigenvalue weighted by Crippen LogP contribution is -2.57. The van der Waals surface area contributed by atoms with Gasteiger partial charge in [-0.05, 0) is 11.6 Å². The Morgan fingerprint density at radius 2 is 1.69 bits per heavy atom. The monoisotopic (exact) mass is 449 g/mol. The number of carbonyl (C=O) groups excluding carboxylic acids is 4. The Labute approximate surface area is 183 Å². The molecule has 32 heavy (non-hydrogen) atoms. The van der Waals surface area contributed by atoms with E-state index in [2.05, 4.69) is 0 Å². The number of allylic oxidation sites excluding steroid dienone is 1. The minimum atomic E-state index is -1.19. The second kappa shape index (κ2) is 11.1. The van der Waals surface area contributed by atoms with Crippen LogP contribution in [0.2, 0.25) is 0 Å². The van der Waals surface area contributed by atoms with E-state index in [4.69, 9.17) is 18.9 Å². The van der Waals surface area contributed by atoms with Crippen molar-refractivity contribution < 1.29 is 43.0 Å². The van der Waals surface area contributed by atoms with Crippen LogP contribution in [0.4, 0.5) is 5.69 Å². The lowest BCUT2D eigenvalue weighted by atomic mass is 9.95. The number of nitro benzene ring substituents is 1. The van der Waals surface area contributed by atoms with E-state index < -0.39 is 53.0 Å². The van der Waals surface area contributed by atoms with Crippen LogP contribution in [0.15, 0.2) is 30.3 Å². The van der Waals surface area contributed by atoms with Crippen LogP contribution in [-0.2, 0) is 38.1 Å². The predicted octanol–water partition coefficient (Wildman–Crippen LogP) is 1.76. The maximum Gasteiger partial charge on any atom is 0.303 e. The number of hydrogen-bond acceptors (Lipinski definition) is 10. The van der Waals surface area contributed by atoms with Crippen LogP contribution in [0.5, 0.6) is 0 Å². The van der Waals surface area contributed by atoms with Gasteiger partial charge in [-0.25, -0.2) is 0 Å². The van der Waals surface area contributed by atoms with E-state index in [0.29, 0.717) is 5.56 Å². The second-order valence-corrected chi connectivity index (χ2v) is 7.02. The lowest BCUT2D eigenvalue weighted by Gasteiger charge is -2.40. The zero-order valence-electron chi connectivity index (χ0n) is 17.7. The fourth-order valence-corrected chi connectivity index (χ4v) is 3.19. The van der Waals surface area contributed by atoms with Gasteiger partial charge < -0.3 is 18.9 Å². The zero-order chi connectivity index (χ0) is 23.8. The summed E-state index contributed by atoms with van der Waals surface area (Å²) in [6.07, 6.45) is -1.97. The number of benzene rings is 1. The van der Waals surface area contributed by atoms with E-state index in [0.717, 1.165) is 13.8 Å². The van der Waals surface area contributed by atoms with Crippen LogP contribution < -0.4 is 0 Å². The van der Waals surface area contributed by atoms with Crippen LogP contribution in [0.3, 0.4) is 0 Å². The molecular weight excluding hydrogens is 426 g/mol. The third kappa shape index (κ3) is 7.27. The van der Waals surface area contributed by atoms with Crippen LogP contribution in [0.25, 0.3) is 6.08 Å². The minimum absolute atomic E-state index is 0.120. The number of nitro groups is 1. The molecule has 0 aromatic heterocycles. The Hall–Kier alpha value is -3.60. The molecule has 1 aliphatic rings. The Balaban J connectivity index is 2.18. The van der Waals surface area contributed by atoms with Gasteiger partial charge in [0, 0.05) is 39.3 Å². The van der Waals surface area contributed by atoms with Gasteiger partial charge >= 0.3 is 17.9 Å². The number of nitrogens with zero attached hydrogens (tertiary/aromatic N) is 1. The van der Waals surface area contributed by atoms with E-state index in [1.165, 1.54) is 37.3 Å². The highest BCUT2D eigenvalue weighted by Crippen LogP contribution is 2.26. The van der Waals surface area contributed by atoms with Gasteiger partial charge in [-0.1, -0.05) is 18.2 Å². The molecule has 0 saturated carbocycles. The Kier molecular flexibility index (Phi) is 8.59. The van der Waals surface area contributed by atoms with Crippen molar-refractivity contribution in [2.24, 2.45) is 0 Å². The fraction of sp³-hybridized carbons (Fsp3) is 0.429. The van der Waals surface area contributed by atoms with Gasteiger partial charge in [-0.2, -0.15) is 0 Å². The summed E-state index contributed by atoms with van der Waals surface area (Å²) in [7, 11) is 0. The highest BCUT2D eigenvalue weighted by molar-refractivity contribution is 5.94. The number of rotatable bonds is 8. The van der Waals surface area contributed by atoms with Crippen molar-refractivity contribution in [2.45, 2.75) is 51.6 Å². The van der Waals surface area contributed by atoms with Gasteiger partial charge in [0.1, 0.15) is 6.10 Å². The molecule has 1 saturated heterocycles. The van der Waals surface area contributed by atoms with Crippen molar-refractivity contribution in [1.29, 1.82) is 0 Å². The third-order valence-corrected chi connectivity index (χ3v) is 4.40. The molecule has 1 aliphatic heterocycles. The molecule has 172 valence electrons. The molecule has 0 radical (unpaired) electrons. The van der Waals surface area contributed by atoms with Crippen LogP contribution in [0, 0.1) is 10.1 Å². The summed E-state index contributed by atoms with van der Waals surface area (Å²) in [4.78, 5) is 57.4. The summed E-state index contributed by atoms with van der Waals surface area (Å²) in [5, 5.41) is 10.9. The lowest BCUT2D eigenvalue weighted by molar-refractivity contribution is -0.384. The van der Waals surface area contributed by atoms with Crippen LogP contribution in [0.1, 0.15) is 32.8 Å². The first-order valence-electron chi connectivity index (χ1n) is 9.65. The average molecular weight is 449 g/mol. The molecule has 1 heterocycles. The van der Waals surface area contributed by atoms with Crippen molar-refractivity contribution in [1.82, 2.24) is 0 Å². The topological polar surface area (TPSA) is 148 Å². The number of carbonyl (C=O) groups is 4. The van der Waals surface area contributed by atoms with Gasteiger partial charge in [0.25, 0.3) is 5.69 Å². The molecule has 0 aliphatic carbocycles. The molecule has 1 fully saturated rings. The van der Waals surface area contributed by atoms with Crippen molar-refractivity contribution in [3.8, 4) is 0 Å². The molecule has 1 aromatic rings. The number of non-ortho nitro benzene ring substituents is 1. The van der Waals surface area contributed by atoms with Crippen LogP contribution >= 0.6 is 0 Å². The van der Waals surface area contributed by atoms with E-state index in [-0.39, 0.29) is 18.7 Å². The van der Waals surface area contributed by atoms with Crippen molar-refractivity contribution in [3.05, 3.63) is 46.0 Å². The summed E-state index contributed by atoms with van der Waals surface area (Å²) in [5.41, 5.74) is 0.326. The highest BCUT2D eigenvalue weighted by Gasteiger charge is 2.47. The van der Waals surface area contributed by atoms with Gasteiger partial charge in [0.05, 0.1) is 11.5 Å². The molecule has 1 aromatic carbocycles. The maximum atomic E-state index is 12.5. The molecule has 0 amide bonds. The molecule has 0 bridgehead atoms.